The summed E-state index contributed by atoms with van der Waals surface area (Å²) in [6.07, 6.45) is -4.21. The van der Waals surface area contributed by atoms with Gasteiger partial charge in [0.05, 0.1) is 6.42 Å². The van der Waals surface area contributed by atoms with Crippen LogP contribution in [0.2, 0.25) is 0 Å². The van der Waals surface area contributed by atoms with Crippen molar-refractivity contribution in [2.45, 2.75) is 38.4 Å². The van der Waals surface area contributed by atoms with Gasteiger partial charge in [0.2, 0.25) is 0 Å². The predicted octanol–water partition coefficient (Wildman–Crippen LogP) is 2.12. The van der Waals surface area contributed by atoms with Gasteiger partial charge in [-0.15, -0.1) is 0 Å². The quantitative estimate of drug-likeness (QED) is 0.755. The maximum Gasteiger partial charge on any atom is 0.390 e. The van der Waals surface area contributed by atoms with Crippen LogP contribution >= 0.6 is 0 Å². The summed E-state index contributed by atoms with van der Waals surface area (Å²) in [6.45, 7) is 1.52. The first-order valence-corrected chi connectivity index (χ1v) is 4.77. The first kappa shape index (κ1) is 14.2. The zero-order chi connectivity index (χ0) is 12.1. The number of halogens is 3. The molecule has 0 aromatic carbocycles. The highest BCUT2D eigenvalue weighted by molar-refractivity contribution is 5.73. The number of rotatable bonds is 6. The van der Waals surface area contributed by atoms with Gasteiger partial charge < -0.3 is 5.11 Å². The maximum atomic E-state index is 11.9. The van der Waals surface area contributed by atoms with Gasteiger partial charge in [-0.2, -0.15) is 13.2 Å². The van der Waals surface area contributed by atoms with E-state index < -0.39 is 24.6 Å². The Bertz CT molecular complexity index is 206. The zero-order valence-electron chi connectivity index (χ0n) is 8.84. The molecule has 0 aromatic heterocycles. The van der Waals surface area contributed by atoms with E-state index >= 15 is 0 Å². The van der Waals surface area contributed by atoms with Crippen LogP contribution in [0.4, 0.5) is 13.2 Å². The van der Waals surface area contributed by atoms with Crippen molar-refractivity contribution in [2.24, 2.45) is 0 Å². The number of carboxylic acid groups (broad SMARTS) is 1. The number of carboxylic acids is 1. The predicted molar refractivity (Wildman–Crippen MR) is 49.6 cm³/mol. The number of nitrogens with zero attached hydrogens (tertiary/aromatic N) is 1. The van der Waals surface area contributed by atoms with Gasteiger partial charge in [0.15, 0.2) is 0 Å². The first-order chi connectivity index (χ1) is 6.78. The molecule has 1 atom stereocenters. The fraction of sp³-hybridized carbons (Fsp3) is 0.889. The van der Waals surface area contributed by atoms with Gasteiger partial charge in [0, 0.05) is 6.54 Å². The Kier molecular flexibility index (Phi) is 5.64. The topological polar surface area (TPSA) is 40.5 Å². The number of aliphatic carboxylic acids is 1. The van der Waals surface area contributed by atoms with Crippen molar-refractivity contribution >= 4 is 5.97 Å². The second kappa shape index (κ2) is 5.95. The van der Waals surface area contributed by atoms with Crippen molar-refractivity contribution in [3.05, 3.63) is 0 Å². The van der Waals surface area contributed by atoms with E-state index in [0.717, 1.165) is 0 Å². The molecule has 0 heterocycles. The molecule has 15 heavy (non-hydrogen) atoms. The molecule has 0 saturated heterocycles. The molecule has 0 amide bonds. The van der Waals surface area contributed by atoms with E-state index in [4.69, 9.17) is 5.11 Å². The van der Waals surface area contributed by atoms with Gasteiger partial charge in [-0.05, 0) is 13.5 Å². The summed E-state index contributed by atoms with van der Waals surface area (Å²) in [5.74, 6) is -1.07. The highest BCUT2D eigenvalue weighted by atomic mass is 19.4. The lowest BCUT2D eigenvalue weighted by Crippen LogP contribution is -2.40. The van der Waals surface area contributed by atoms with Crippen LogP contribution in [0.25, 0.3) is 0 Å². The number of likely N-dealkylation sites (N-methyl/N-ethyl adjacent to an activating group) is 1. The van der Waals surface area contributed by atoms with Crippen LogP contribution in [0.3, 0.4) is 0 Å². The summed E-state index contributed by atoms with van der Waals surface area (Å²) in [5.41, 5.74) is 0. The molecule has 0 aliphatic carbocycles. The summed E-state index contributed by atoms with van der Waals surface area (Å²) < 4.78 is 35.7. The molecular formula is C9H16F3NO2. The van der Waals surface area contributed by atoms with E-state index in [1.165, 1.54) is 11.9 Å². The van der Waals surface area contributed by atoms with Crippen LogP contribution in [0.5, 0.6) is 0 Å². The van der Waals surface area contributed by atoms with Gasteiger partial charge in [-0.3, -0.25) is 9.69 Å². The number of alkyl halides is 3. The highest BCUT2D eigenvalue weighted by Gasteiger charge is 2.30. The molecule has 3 nitrogen and oxygen atoms in total. The minimum Gasteiger partial charge on any atom is -0.480 e. The zero-order valence-corrected chi connectivity index (χ0v) is 8.84. The number of hydrogen-bond donors (Lipinski definition) is 1. The molecule has 0 saturated carbocycles. The molecule has 0 aliphatic rings. The highest BCUT2D eigenvalue weighted by Crippen LogP contribution is 2.20. The lowest BCUT2D eigenvalue weighted by molar-refractivity contribution is -0.149. The van der Waals surface area contributed by atoms with Gasteiger partial charge >= 0.3 is 12.1 Å². The van der Waals surface area contributed by atoms with E-state index in [9.17, 15) is 18.0 Å². The second-order valence-corrected chi connectivity index (χ2v) is 3.49. The molecule has 0 spiro atoms. The van der Waals surface area contributed by atoms with Crippen molar-refractivity contribution in [1.29, 1.82) is 0 Å². The molecule has 0 aromatic rings. The first-order valence-electron chi connectivity index (χ1n) is 4.77. The van der Waals surface area contributed by atoms with Gasteiger partial charge in [0.1, 0.15) is 6.04 Å². The largest absolute Gasteiger partial charge is 0.480 e. The van der Waals surface area contributed by atoms with Crippen molar-refractivity contribution in [2.75, 3.05) is 13.6 Å². The molecule has 0 radical (unpaired) electrons. The Morgan fingerprint density at radius 3 is 2.33 bits per heavy atom. The smallest absolute Gasteiger partial charge is 0.390 e. The van der Waals surface area contributed by atoms with Crippen molar-refractivity contribution < 1.29 is 23.1 Å². The van der Waals surface area contributed by atoms with Crippen LogP contribution in [0, 0.1) is 0 Å². The Balaban J connectivity index is 4.14. The second-order valence-electron chi connectivity index (χ2n) is 3.49. The summed E-state index contributed by atoms with van der Waals surface area (Å²) >= 11 is 0. The standard InChI is InChI=1S/C9H16F3NO2/c1-3-4-7(8(14)15)13(2)6-5-9(10,11)12/h7H,3-6H2,1-2H3,(H,14,15). The average molecular weight is 227 g/mol. The fourth-order valence-electron chi connectivity index (χ4n) is 1.26. The summed E-state index contributed by atoms with van der Waals surface area (Å²) in [6, 6.07) is -0.822. The van der Waals surface area contributed by atoms with Crippen LogP contribution in [0.1, 0.15) is 26.2 Å². The van der Waals surface area contributed by atoms with Crippen LogP contribution in [-0.4, -0.2) is 41.8 Å². The van der Waals surface area contributed by atoms with Crippen LogP contribution in [-0.2, 0) is 4.79 Å². The monoisotopic (exact) mass is 227 g/mol. The molecule has 0 aliphatic heterocycles. The van der Waals surface area contributed by atoms with Crippen molar-refractivity contribution in [3.63, 3.8) is 0 Å². The lowest BCUT2D eigenvalue weighted by atomic mass is 10.1. The van der Waals surface area contributed by atoms with Gasteiger partial charge in [-0.1, -0.05) is 13.3 Å². The average Bonchev–Trinajstić information content (AvgIpc) is 2.08. The minimum atomic E-state index is -4.23. The lowest BCUT2D eigenvalue weighted by Gasteiger charge is -2.24. The molecule has 1 N–H and O–H groups in total. The molecule has 90 valence electrons. The molecule has 0 bridgehead atoms. The van der Waals surface area contributed by atoms with Crippen LogP contribution in [0.15, 0.2) is 0 Å². The molecule has 0 rings (SSSR count). The van der Waals surface area contributed by atoms with Gasteiger partial charge in [0.25, 0.3) is 0 Å². The number of carbonyl (C=O) groups is 1. The molecular weight excluding hydrogens is 211 g/mol. The van der Waals surface area contributed by atoms with Gasteiger partial charge in [-0.25, -0.2) is 0 Å². The third-order valence-electron chi connectivity index (χ3n) is 2.13. The Morgan fingerprint density at radius 2 is 2.00 bits per heavy atom. The third kappa shape index (κ3) is 6.33. The summed E-state index contributed by atoms with van der Waals surface area (Å²) in [5, 5.41) is 8.78. The maximum absolute atomic E-state index is 11.9. The van der Waals surface area contributed by atoms with Crippen molar-refractivity contribution in [1.82, 2.24) is 4.90 Å². The fourth-order valence-corrected chi connectivity index (χ4v) is 1.26. The van der Waals surface area contributed by atoms with Crippen LogP contribution < -0.4 is 0 Å². The van der Waals surface area contributed by atoms with E-state index in [-0.39, 0.29) is 6.54 Å². The van der Waals surface area contributed by atoms with E-state index in [1.54, 1.807) is 6.92 Å². The van der Waals surface area contributed by atoms with E-state index in [2.05, 4.69) is 0 Å². The third-order valence-corrected chi connectivity index (χ3v) is 2.13. The minimum absolute atomic E-state index is 0.277. The van der Waals surface area contributed by atoms with E-state index in [1.807, 2.05) is 0 Å². The molecule has 0 fully saturated rings. The summed E-state index contributed by atoms with van der Waals surface area (Å²) in [7, 11) is 1.40. The number of hydrogen-bond acceptors (Lipinski definition) is 2. The Hall–Kier alpha value is -0.780. The summed E-state index contributed by atoms with van der Waals surface area (Å²) in [4.78, 5) is 12.0. The van der Waals surface area contributed by atoms with E-state index in [0.29, 0.717) is 12.8 Å². The normalized spacial score (nSPS) is 14.3. The molecule has 1 unspecified atom stereocenters. The SMILES string of the molecule is CCCC(C(=O)O)N(C)CCC(F)(F)F. The Morgan fingerprint density at radius 1 is 1.47 bits per heavy atom. The Labute approximate surface area is 86.9 Å². The van der Waals surface area contributed by atoms with Crippen molar-refractivity contribution in [3.8, 4) is 0 Å². The molecule has 6 heteroatoms.